The summed E-state index contributed by atoms with van der Waals surface area (Å²) in [6.45, 7) is 4.77. The largest absolute Gasteiger partial charge is 0.347 e. The molecule has 2 unspecified atom stereocenters. The Kier molecular flexibility index (Phi) is 2.34. The fourth-order valence-corrected chi connectivity index (χ4v) is 1.48. The van der Waals surface area contributed by atoms with E-state index >= 15 is 0 Å². The molecule has 0 spiro atoms. The average Bonchev–Trinajstić information content (AvgIpc) is 2.13. The predicted molar refractivity (Wildman–Crippen MR) is 43.5 cm³/mol. The maximum atomic E-state index is 5.46. The van der Waals surface area contributed by atoms with Crippen molar-refractivity contribution in [2.75, 3.05) is 6.61 Å². The maximum absolute atomic E-state index is 5.46. The molecule has 0 aromatic carbocycles. The summed E-state index contributed by atoms with van der Waals surface area (Å²) in [5.74, 6) is -0.300. The number of halogens is 1. The lowest BCUT2D eigenvalue weighted by Crippen LogP contribution is -2.24. The lowest BCUT2D eigenvalue weighted by Gasteiger charge is -2.19. The van der Waals surface area contributed by atoms with Gasteiger partial charge in [0.25, 0.3) is 0 Å². The minimum atomic E-state index is -0.300. The summed E-state index contributed by atoms with van der Waals surface area (Å²) in [6.07, 6.45) is 0.923. The Bertz CT molecular complexity index is 107. The van der Waals surface area contributed by atoms with E-state index in [1.165, 1.54) is 0 Å². The highest BCUT2D eigenvalue weighted by atomic mass is 127. The van der Waals surface area contributed by atoms with Crippen molar-refractivity contribution in [1.29, 1.82) is 0 Å². The Balaban J connectivity index is 2.45. The van der Waals surface area contributed by atoms with Gasteiger partial charge in [0.05, 0.1) is 6.61 Å². The normalized spacial score (nSPS) is 43.7. The third-order valence-corrected chi connectivity index (χ3v) is 2.15. The summed E-state index contributed by atoms with van der Waals surface area (Å²) < 4.78 is 11.1. The Morgan fingerprint density at radius 3 is 2.67 bits per heavy atom. The minimum absolute atomic E-state index is 0.243. The topological polar surface area (TPSA) is 18.5 Å². The fraction of sp³-hybridized carbons (Fsp3) is 1.00. The molecule has 1 heterocycles. The van der Waals surface area contributed by atoms with Crippen LogP contribution in [-0.4, -0.2) is 16.5 Å². The Labute approximate surface area is 69.0 Å². The first-order valence-electron chi connectivity index (χ1n) is 3.12. The zero-order valence-corrected chi connectivity index (χ0v) is 7.84. The van der Waals surface area contributed by atoms with Crippen molar-refractivity contribution in [2.24, 2.45) is 0 Å². The van der Waals surface area contributed by atoms with E-state index in [0.717, 1.165) is 13.0 Å². The maximum Gasteiger partial charge on any atom is 0.166 e. The molecule has 54 valence electrons. The van der Waals surface area contributed by atoms with Crippen molar-refractivity contribution in [1.82, 2.24) is 0 Å². The highest BCUT2D eigenvalue weighted by Crippen LogP contribution is 2.28. The SMILES string of the molecule is CCC1(C)OCC(I)O1. The first kappa shape index (κ1) is 7.75. The molecule has 1 saturated heterocycles. The first-order valence-corrected chi connectivity index (χ1v) is 4.37. The molecular weight excluding hydrogens is 231 g/mol. The van der Waals surface area contributed by atoms with Gasteiger partial charge in [-0.25, -0.2) is 0 Å². The number of hydrogen-bond donors (Lipinski definition) is 0. The molecule has 1 fully saturated rings. The molecule has 2 nitrogen and oxygen atoms in total. The van der Waals surface area contributed by atoms with E-state index < -0.39 is 0 Å². The van der Waals surface area contributed by atoms with Crippen molar-refractivity contribution in [3.8, 4) is 0 Å². The predicted octanol–water partition coefficient (Wildman–Crippen LogP) is 1.92. The molecule has 0 aromatic rings. The molecule has 0 bridgehead atoms. The van der Waals surface area contributed by atoms with Crippen LogP contribution in [0, 0.1) is 0 Å². The summed E-state index contributed by atoms with van der Waals surface area (Å²) in [4.78, 5) is 0. The molecule has 1 aliphatic rings. The van der Waals surface area contributed by atoms with Gasteiger partial charge in [-0.05, 0) is 35.9 Å². The average molecular weight is 242 g/mol. The van der Waals surface area contributed by atoms with Crippen LogP contribution >= 0.6 is 22.6 Å². The van der Waals surface area contributed by atoms with Crippen molar-refractivity contribution in [2.45, 2.75) is 30.2 Å². The molecule has 0 saturated carbocycles. The number of alkyl halides is 1. The number of hydrogen-bond acceptors (Lipinski definition) is 2. The van der Waals surface area contributed by atoms with Crippen molar-refractivity contribution >= 4 is 22.6 Å². The first-order chi connectivity index (χ1) is 4.16. The van der Waals surface area contributed by atoms with Gasteiger partial charge in [-0.1, -0.05) is 6.92 Å². The molecule has 0 N–H and O–H groups in total. The van der Waals surface area contributed by atoms with Gasteiger partial charge in [-0.3, -0.25) is 0 Å². The minimum Gasteiger partial charge on any atom is -0.347 e. The number of rotatable bonds is 1. The molecule has 0 radical (unpaired) electrons. The van der Waals surface area contributed by atoms with Gasteiger partial charge in [0, 0.05) is 0 Å². The number of ether oxygens (including phenoxy) is 2. The fourth-order valence-electron chi connectivity index (χ4n) is 0.766. The second kappa shape index (κ2) is 2.72. The quantitative estimate of drug-likeness (QED) is 0.516. The molecule has 0 aliphatic carbocycles. The molecule has 2 atom stereocenters. The van der Waals surface area contributed by atoms with E-state index in [4.69, 9.17) is 9.47 Å². The van der Waals surface area contributed by atoms with E-state index in [1.54, 1.807) is 0 Å². The zero-order valence-electron chi connectivity index (χ0n) is 5.69. The Morgan fingerprint density at radius 2 is 2.44 bits per heavy atom. The van der Waals surface area contributed by atoms with E-state index in [-0.39, 0.29) is 9.90 Å². The summed E-state index contributed by atoms with van der Waals surface area (Å²) in [7, 11) is 0. The Hall–Kier alpha value is 0.650. The summed E-state index contributed by atoms with van der Waals surface area (Å²) in [5, 5.41) is 0. The van der Waals surface area contributed by atoms with Crippen LogP contribution in [0.25, 0.3) is 0 Å². The van der Waals surface area contributed by atoms with E-state index in [1.807, 2.05) is 6.92 Å². The van der Waals surface area contributed by atoms with Crippen LogP contribution in [0.5, 0.6) is 0 Å². The highest BCUT2D eigenvalue weighted by Gasteiger charge is 2.33. The van der Waals surface area contributed by atoms with Gasteiger partial charge in [-0.15, -0.1) is 0 Å². The Morgan fingerprint density at radius 1 is 1.78 bits per heavy atom. The van der Waals surface area contributed by atoms with Gasteiger partial charge in [0.15, 0.2) is 5.79 Å². The third kappa shape index (κ3) is 1.78. The van der Waals surface area contributed by atoms with Crippen molar-refractivity contribution in [3.05, 3.63) is 0 Å². The van der Waals surface area contributed by atoms with Crippen LogP contribution in [0.3, 0.4) is 0 Å². The van der Waals surface area contributed by atoms with Crippen LogP contribution in [0.4, 0.5) is 0 Å². The van der Waals surface area contributed by atoms with Gasteiger partial charge in [0.1, 0.15) is 4.11 Å². The highest BCUT2D eigenvalue weighted by molar-refractivity contribution is 14.1. The van der Waals surface area contributed by atoms with E-state index in [2.05, 4.69) is 29.5 Å². The lowest BCUT2D eigenvalue weighted by molar-refractivity contribution is -0.145. The van der Waals surface area contributed by atoms with E-state index in [0.29, 0.717) is 0 Å². The lowest BCUT2D eigenvalue weighted by atomic mass is 10.2. The van der Waals surface area contributed by atoms with Crippen LogP contribution < -0.4 is 0 Å². The molecule has 0 amide bonds. The van der Waals surface area contributed by atoms with Crippen molar-refractivity contribution in [3.63, 3.8) is 0 Å². The molecule has 1 aliphatic heterocycles. The van der Waals surface area contributed by atoms with Gasteiger partial charge < -0.3 is 9.47 Å². The molecule has 9 heavy (non-hydrogen) atoms. The molecule has 3 heteroatoms. The van der Waals surface area contributed by atoms with Crippen LogP contribution in [-0.2, 0) is 9.47 Å². The van der Waals surface area contributed by atoms with Crippen LogP contribution in [0.15, 0.2) is 0 Å². The van der Waals surface area contributed by atoms with Gasteiger partial charge in [0.2, 0.25) is 0 Å². The van der Waals surface area contributed by atoms with Gasteiger partial charge >= 0.3 is 0 Å². The zero-order chi connectivity index (χ0) is 6.91. The third-order valence-electron chi connectivity index (χ3n) is 1.54. The van der Waals surface area contributed by atoms with Crippen molar-refractivity contribution < 1.29 is 9.47 Å². The molecule has 1 rings (SSSR count). The summed E-state index contributed by atoms with van der Waals surface area (Å²) >= 11 is 2.23. The second-order valence-electron chi connectivity index (χ2n) is 2.33. The second-order valence-corrected chi connectivity index (χ2v) is 3.72. The van der Waals surface area contributed by atoms with E-state index in [9.17, 15) is 0 Å². The van der Waals surface area contributed by atoms with Crippen LogP contribution in [0.1, 0.15) is 20.3 Å². The van der Waals surface area contributed by atoms with Gasteiger partial charge in [-0.2, -0.15) is 0 Å². The molecular formula is C6H11IO2. The van der Waals surface area contributed by atoms with Crippen LogP contribution in [0.2, 0.25) is 0 Å². The molecule has 0 aromatic heterocycles. The standard InChI is InChI=1S/C6H11IO2/c1-3-6(2)8-4-5(7)9-6/h5H,3-4H2,1-2H3. The summed E-state index contributed by atoms with van der Waals surface area (Å²) in [5.41, 5.74) is 0. The monoisotopic (exact) mass is 242 g/mol. The smallest absolute Gasteiger partial charge is 0.166 e. The summed E-state index contributed by atoms with van der Waals surface area (Å²) in [6, 6.07) is 0.